The summed E-state index contributed by atoms with van der Waals surface area (Å²) in [6.07, 6.45) is 0.286. The third-order valence-electron chi connectivity index (χ3n) is 3.30. The van der Waals surface area contributed by atoms with Gasteiger partial charge in [0.25, 0.3) is 0 Å². The molecule has 2 rings (SSSR count). The molecule has 0 saturated carbocycles. The van der Waals surface area contributed by atoms with Gasteiger partial charge in [-0.1, -0.05) is 17.7 Å². The molecule has 7 heteroatoms. The number of ether oxygens (including phenoxy) is 1. The second-order valence-corrected chi connectivity index (χ2v) is 5.74. The summed E-state index contributed by atoms with van der Waals surface area (Å²) in [6.45, 7) is 1.91. The van der Waals surface area contributed by atoms with Gasteiger partial charge in [-0.15, -0.1) is 0 Å². The summed E-state index contributed by atoms with van der Waals surface area (Å²) in [5, 5.41) is 9.08. The lowest BCUT2D eigenvalue weighted by atomic mass is 10.2. The smallest absolute Gasteiger partial charge is 0.226 e. The Bertz CT molecular complexity index is 765. The zero-order valence-electron chi connectivity index (χ0n) is 14.1. The standard InChI is InChI=1S/C18H20ClN3O3/c1-12(23)21-14-5-3-4-13(10-14)20-9-8-18(24)22-15-6-7-17(25-2)16(19)11-15/h3-7,10-11,20H,8-9H2,1-2H3,(H,21,23)(H,22,24). The SMILES string of the molecule is COc1ccc(NC(=O)CCNc2cccc(NC(C)=O)c2)cc1Cl. The first-order valence-corrected chi connectivity index (χ1v) is 8.10. The van der Waals surface area contributed by atoms with E-state index < -0.39 is 0 Å². The van der Waals surface area contributed by atoms with Crippen LogP contribution in [0, 0.1) is 0 Å². The molecule has 0 bridgehead atoms. The van der Waals surface area contributed by atoms with E-state index in [1.807, 2.05) is 18.2 Å². The van der Waals surface area contributed by atoms with E-state index in [-0.39, 0.29) is 18.2 Å². The lowest BCUT2D eigenvalue weighted by molar-refractivity contribution is -0.116. The van der Waals surface area contributed by atoms with E-state index in [0.717, 1.165) is 5.69 Å². The highest BCUT2D eigenvalue weighted by Gasteiger charge is 2.06. The summed E-state index contributed by atoms with van der Waals surface area (Å²) in [7, 11) is 1.53. The van der Waals surface area contributed by atoms with Crippen LogP contribution in [-0.2, 0) is 9.59 Å². The van der Waals surface area contributed by atoms with E-state index >= 15 is 0 Å². The molecule has 25 heavy (non-hydrogen) atoms. The minimum atomic E-state index is -0.133. The molecule has 132 valence electrons. The van der Waals surface area contributed by atoms with Gasteiger partial charge in [0.05, 0.1) is 12.1 Å². The summed E-state index contributed by atoms with van der Waals surface area (Å²) >= 11 is 6.03. The average molecular weight is 362 g/mol. The first-order valence-electron chi connectivity index (χ1n) is 7.73. The molecule has 0 spiro atoms. The number of hydrogen-bond donors (Lipinski definition) is 3. The Hall–Kier alpha value is -2.73. The van der Waals surface area contributed by atoms with Crippen molar-refractivity contribution in [1.82, 2.24) is 0 Å². The van der Waals surface area contributed by atoms with E-state index in [9.17, 15) is 9.59 Å². The summed E-state index contributed by atoms with van der Waals surface area (Å²) in [5.41, 5.74) is 2.14. The maximum Gasteiger partial charge on any atom is 0.226 e. The Kier molecular flexibility index (Phi) is 6.65. The predicted molar refractivity (Wildman–Crippen MR) is 100 cm³/mol. The van der Waals surface area contributed by atoms with E-state index in [1.165, 1.54) is 14.0 Å². The number of methoxy groups -OCH3 is 1. The first-order chi connectivity index (χ1) is 12.0. The zero-order valence-corrected chi connectivity index (χ0v) is 14.8. The fourth-order valence-corrected chi connectivity index (χ4v) is 2.46. The van der Waals surface area contributed by atoms with E-state index in [0.29, 0.717) is 28.7 Å². The van der Waals surface area contributed by atoms with Crippen molar-refractivity contribution in [3.8, 4) is 5.75 Å². The van der Waals surface area contributed by atoms with Crippen molar-refractivity contribution in [1.29, 1.82) is 0 Å². The monoisotopic (exact) mass is 361 g/mol. The largest absolute Gasteiger partial charge is 0.495 e. The second kappa shape index (κ2) is 8.94. The molecule has 0 saturated heterocycles. The molecule has 0 aliphatic carbocycles. The van der Waals surface area contributed by atoms with Gasteiger partial charge in [0.1, 0.15) is 5.75 Å². The number of hydrogen-bond acceptors (Lipinski definition) is 4. The molecular formula is C18H20ClN3O3. The van der Waals surface area contributed by atoms with Crippen molar-refractivity contribution in [2.45, 2.75) is 13.3 Å². The molecule has 0 radical (unpaired) electrons. The van der Waals surface area contributed by atoms with Crippen LogP contribution < -0.4 is 20.7 Å². The van der Waals surface area contributed by atoms with E-state index in [2.05, 4.69) is 16.0 Å². The first kappa shape index (κ1) is 18.6. The average Bonchev–Trinajstić information content (AvgIpc) is 2.55. The molecule has 0 fully saturated rings. The molecule has 0 atom stereocenters. The molecule has 2 aromatic rings. The highest BCUT2D eigenvalue weighted by Crippen LogP contribution is 2.27. The normalized spacial score (nSPS) is 10.0. The van der Waals surface area contributed by atoms with Crippen molar-refractivity contribution in [3.63, 3.8) is 0 Å². The molecule has 0 aliphatic rings. The van der Waals surface area contributed by atoms with Gasteiger partial charge in [-0.05, 0) is 36.4 Å². The van der Waals surface area contributed by atoms with Crippen LogP contribution >= 0.6 is 11.6 Å². The summed E-state index contributed by atoms with van der Waals surface area (Å²) in [5.74, 6) is 0.293. The Morgan fingerprint density at radius 3 is 2.44 bits per heavy atom. The lowest BCUT2D eigenvalue weighted by Gasteiger charge is -2.10. The molecule has 0 aliphatic heterocycles. The van der Waals surface area contributed by atoms with Crippen LogP contribution in [0.5, 0.6) is 5.75 Å². The van der Waals surface area contributed by atoms with Crippen molar-refractivity contribution >= 4 is 40.5 Å². The summed E-state index contributed by atoms with van der Waals surface area (Å²) in [6, 6.07) is 12.4. The molecule has 3 N–H and O–H groups in total. The van der Waals surface area contributed by atoms with Gasteiger partial charge in [0.15, 0.2) is 0 Å². The van der Waals surface area contributed by atoms with Crippen LogP contribution in [0.1, 0.15) is 13.3 Å². The van der Waals surface area contributed by atoms with Crippen LogP contribution in [0.3, 0.4) is 0 Å². The van der Waals surface area contributed by atoms with Gasteiger partial charge in [-0.3, -0.25) is 9.59 Å². The van der Waals surface area contributed by atoms with Crippen molar-refractivity contribution in [2.24, 2.45) is 0 Å². The molecule has 0 aromatic heterocycles. The number of nitrogens with one attached hydrogen (secondary N) is 3. The van der Waals surface area contributed by atoms with Crippen LogP contribution in [0.15, 0.2) is 42.5 Å². The fourth-order valence-electron chi connectivity index (χ4n) is 2.20. The molecule has 2 aromatic carbocycles. The summed E-state index contributed by atoms with van der Waals surface area (Å²) < 4.78 is 5.07. The topological polar surface area (TPSA) is 79.5 Å². The van der Waals surface area contributed by atoms with Gasteiger partial charge in [0, 0.05) is 37.0 Å². The van der Waals surface area contributed by atoms with Gasteiger partial charge in [-0.2, -0.15) is 0 Å². The second-order valence-electron chi connectivity index (χ2n) is 5.34. The number of carbonyl (C=O) groups excluding carboxylic acids is 2. The highest BCUT2D eigenvalue weighted by molar-refractivity contribution is 6.32. The minimum Gasteiger partial charge on any atom is -0.495 e. The maximum absolute atomic E-state index is 12.0. The quantitative estimate of drug-likeness (QED) is 0.701. The third kappa shape index (κ3) is 6.00. The van der Waals surface area contributed by atoms with Crippen LogP contribution in [-0.4, -0.2) is 25.5 Å². The molecular weight excluding hydrogens is 342 g/mol. The van der Waals surface area contributed by atoms with Crippen LogP contribution in [0.2, 0.25) is 5.02 Å². The maximum atomic E-state index is 12.0. The number of benzene rings is 2. The third-order valence-corrected chi connectivity index (χ3v) is 3.60. The Labute approximate surface area is 151 Å². The number of rotatable bonds is 7. The lowest BCUT2D eigenvalue weighted by Crippen LogP contribution is -2.16. The number of anilines is 3. The summed E-state index contributed by atoms with van der Waals surface area (Å²) in [4.78, 5) is 23.1. The van der Waals surface area contributed by atoms with Crippen LogP contribution in [0.4, 0.5) is 17.1 Å². The molecule has 2 amide bonds. The van der Waals surface area contributed by atoms with Crippen LogP contribution in [0.25, 0.3) is 0 Å². The Balaban J connectivity index is 1.82. The fraction of sp³-hybridized carbons (Fsp3) is 0.222. The number of carbonyl (C=O) groups is 2. The minimum absolute atomic E-state index is 0.130. The Morgan fingerprint density at radius 1 is 1.04 bits per heavy atom. The van der Waals surface area contributed by atoms with Gasteiger partial charge >= 0.3 is 0 Å². The molecule has 6 nitrogen and oxygen atoms in total. The van der Waals surface area contributed by atoms with Gasteiger partial charge in [-0.25, -0.2) is 0 Å². The van der Waals surface area contributed by atoms with E-state index in [1.54, 1.807) is 24.3 Å². The van der Waals surface area contributed by atoms with E-state index in [4.69, 9.17) is 16.3 Å². The molecule has 0 heterocycles. The highest BCUT2D eigenvalue weighted by atomic mass is 35.5. The van der Waals surface area contributed by atoms with Crippen molar-refractivity contribution in [3.05, 3.63) is 47.5 Å². The zero-order chi connectivity index (χ0) is 18.2. The number of halogens is 1. The number of amides is 2. The van der Waals surface area contributed by atoms with Gasteiger partial charge in [0.2, 0.25) is 11.8 Å². The van der Waals surface area contributed by atoms with Gasteiger partial charge < -0.3 is 20.7 Å². The van der Waals surface area contributed by atoms with Crippen molar-refractivity contribution < 1.29 is 14.3 Å². The predicted octanol–water partition coefficient (Wildman–Crippen LogP) is 3.75. The van der Waals surface area contributed by atoms with Crippen molar-refractivity contribution in [2.75, 3.05) is 29.6 Å². The Morgan fingerprint density at radius 2 is 1.76 bits per heavy atom. The molecule has 0 unspecified atom stereocenters.